The number of piperazine rings is 1. The molecule has 37 heavy (non-hydrogen) atoms. The van der Waals surface area contributed by atoms with Gasteiger partial charge >= 0.3 is 0 Å². The number of rotatable bonds is 4. The standard InChI is InChI=1S/C28H27N7O2/c1-34-11-13-35(14-12-34)19-8-10-22-23(16-19)32-26(31-22)24-25(29)20-15-18(7-9-21(20)33-28(24)37)30-27(36)17-5-3-2-4-6-17/h2-10,15-16H,11-14H2,1H3,(H,30,36)(H,31,32)(H3,29,33,37). The van der Waals surface area contributed by atoms with Crippen LogP contribution in [0.5, 0.6) is 0 Å². The fourth-order valence-electron chi connectivity index (χ4n) is 4.80. The molecule has 3 aromatic carbocycles. The van der Waals surface area contributed by atoms with Crippen molar-refractivity contribution in [1.82, 2.24) is 19.9 Å². The average molecular weight is 494 g/mol. The van der Waals surface area contributed by atoms with E-state index in [0.717, 1.165) is 42.9 Å². The number of benzene rings is 3. The fraction of sp³-hybridized carbons (Fsp3) is 0.179. The molecule has 186 valence electrons. The van der Waals surface area contributed by atoms with Crippen LogP contribution >= 0.6 is 0 Å². The van der Waals surface area contributed by atoms with E-state index in [9.17, 15) is 9.59 Å². The Hall–Kier alpha value is -4.63. The summed E-state index contributed by atoms with van der Waals surface area (Å²) in [5.41, 5.74) is 11.2. The molecule has 6 rings (SSSR count). The number of aromatic amines is 2. The highest BCUT2D eigenvalue weighted by Crippen LogP contribution is 2.31. The van der Waals surface area contributed by atoms with E-state index in [1.165, 1.54) is 0 Å². The van der Waals surface area contributed by atoms with Gasteiger partial charge in [0.1, 0.15) is 11.4 Å². The van der Waals surface area contributed by atoms with Crippen LogP contribution in [0.1, 0.15) is 10.4 Å². The van der Waals surface area contributed by atoms with Gasteiger partial charge < -0.3 is 30.8 Å². The number of anilines is 3. The summed E-state index contributed by atoms with van der Waals surface area (Å²) in [4.78, 5) is 41.2. The Balaban J connectivity index is 1.35. The third-order valence-corrected chi connectivity index (χ3v) is 6.92. The van der Waals surface area contributed by atoms with E-state index >= 15 is 0 Å². The minimum absolute atomic E-state index is 0.225. The number of nitrogen functional groups attached to an aromatic ring is 1. The Kier molecular flexibility index (Phi) is 5.61. The molecule has 9 heteroatoms. The summed E-state index contributed by atoms with van der Waals surface area (Å²) in [7, 11) is 2.13. The normalized spacial score (nSPS) is 14.4. The molecule has 0 bridgehead atoms. The van der Waals surface area contributed by atoms with Crippen LogP contribution in [0, 0.1) is 0 Å². The van der Waals surface area contributed by atoms with Crippen molar-refractivity contribution in [3.63, 3.8) is 0 Å². The third kappa shape index (κ3) is 4.30. The van der Waals surface area contributed by atoms with Crippen molar-refractivity contribution in [2.24, 2.45) is 0 Å². The summed E-state index contributed by atoms with van der Waals surface area (Å²) in [6.45, 7) is 3.96. The van der Waals surface area contributed by atoms with E-state index < -0.39 is 0 Å². The van der Waals surface area contributed by atoms with Crippen LogP contribution in [0.2, 0.25) is 0 Å². The van der Waals surface area contributed by atoms with Gasteiger partial charge in [-0.1, -0.05) is 18.2 Å². The Labute approximate surface area is 212 Å². The SMILES string of the molecule is CN1CCN(c2ccc3nc(-c4c(N)c5cc(NC(=O)c6ccccc6)ccc5[nH]c4=O)[nH]c3c2)CC1. The Bertz CT molecular complexity index is 1680. The third-order valence-electron chi connectivity index (χ3n) is 6.92. The molecule has 5 aromatic rings. The molecule has 0 saturated carbocycles. The molecule has 0 unspecified atom stereocenters. The minimum atomic E-state index is -0.329. The molecule has 1 amide bonds. The summed E-state index contributed by atoms with van der Waals surface area (Å²) >= 11 is 0. The quantitative estimate of drug-likeness (QED) is 0.303. The van der Waals surface area contributed by atoms with Gasteiger partial charge in [0.05, 0.1) is 22.2 Å². The summed E-state index contributed by atoms with van der Waals surface area (Å²) in [6.07, 6.45) is 0. The van der Waals surface area contributed by atoms with Crippen molar-refractivity contribution in [1.29, 1.82) is 0 Å². The number of carbonyl (C=O) groups is 1. The highest BCUT2D eigenvalue weighted by atomic mass is 16.1. The zero-order chi connectivity index (χ0) is 25.5. The second-order valence-electron chi connectivity index (χ2n) is 9.40. The molecule has 1 aliphatic rings. The molecule has 9 nitrogen and oxygen atoms in total. The van der Waals surface area contributed by atoms with Crippen LogP contribution in [0.25, 0.3) is 33.3 Å². The first-order chi connectivity index (χ1) is 18.0. The smallest absolute Gasteiger partial charge is 0.261 e. The first kappa shape index (κ1) is 22.8. The Morgan fingerprint density at radius 1 is 0.946 bits per heavy atom. The van der Waals surface area contributed by atoms with Crippen molar-refractivity contribution < 1.29 is 4.79 Å². The molecule has 0 radical (unpaired) electrons. The topological polar surface area (TPSA) is 123 Å². The van der Waals surface area contributed by atoms with Gasteiger partial charge in [-0.15, -0.1) is 0 Å². The molecule has 5 N–H and O–H groups in total. The fourth-order valence-corrected chi connectivity index (χ4v) is 4.80. The van der Waals surface area contributed by atoms with Crippen LogP contribution in [0.3, 0.4) is 0 Å². The second-order valence-corrected chi connectivity index (χ2v) is 9.40. The largest absolute Gasteiger partial charge is 0.397 e. The summed E-state index contributed by atoms with van der Waals surface area (Å²) < 4.78 is 0. The summed E-state index contributed by atoms with van der Waals surface area (Å²) in [5.74, 6) is 0.182. The number of aromatic nitrogens is 3. The maximum Gasteiger partial charge on any atom is 0.261 e. The van der Waals surface area contributed by atoms with Gasteiger partial charge in [-0.05, 0) is 55.6 Å². The maximum atomic E-state index is 13.0. The lowest BCUT2D eigenvalue weighted by Crippen LogP contribution is -2.44. The molecule has 0 spiro atoms. The molecular weight excluding hydrogens is 466 g/mol. The van der Waals surface area contributed by atoms with Crippen molar-refractivity contribution in [2.75, 3.05) is 49.2 Å². The molecule has 0 aliphatic carbocycles. The highest BCUT2D eigenvalue weighted by Gasteiger charge is 2.19. The van der Waals surface area contributed by atoms with Gasteiger partial charge in [0.2, 0.25) is 0 Å². The number of hydrogen-bond acceptors (Lipinski definition) is 6. The number of carbonyl (C=O) groups excluding carboxylic acids is 1. The van der Waals surface area contributed by atoms with E-state index in [1.807, 2.05) is 24.3 Å². The molecule has 1 fully saturated rings. The number of likely N-dealkylation sites (N-methyl/N-ethyl adjacent to an activating group) is 1. The average Bonchev–Trinajstić information content (AvgIpc) is 3.33. The number of fused-ring (bicyclic) bond motifs is 2. The molecule has 1 saturated heterocycles. The number of H-pyrrole nitrogens is 2. The Morgan fingerprint density at radius 2 is 1.73 bits per heavy atom. The lowest BCUT2D eigenvalue weighted by Gasteiger charge is -2.34. The van der Waals surface area contributed by atoms with Crippen molar-refractivity contribution >= 4 is 44.9 Å². The number of pyridine rings is 1. The number of nitrogens with one attached hydrogen (secondary N) is 3. The lowest BCUT2D eigenvalue weighted by molar-refractivity contribution is 0.102. The summed E-state index contributed by atoms with van der Waals surface area (Å²) in [6, 6.07) is 20.3. The van der Waals surface area contributed by atoms with Crippen LogP contribution in [-0.4, -0.2) is 59.0 Å². The van der Waals surface area contributed by atoms with Crippen molar-refractivity contribution in [3.05, 3.63) is 82.6 Å². The van der Waals surface area contributed by atoms with Gasteiger partial charge in [-0.3, -0.25) is 9.59 Å². The Morgan fingerprint density at radius 3 is 2.51 bits per heavy atom. The predicted molar refractivity (Wildman–Crippen MR) is 148 cm³/mol. The van der Waals surface area contributed by atoms with Gasteiger partial charge in [0.25, 0.3) is 11.5 Å². The van der Waals surface area contributed by atoms with Crippen LogP contribution in [-0.2, 0) is 0 Å². The van der Waals surface area contributed by atoms with E-state index in [-0.39, 0.29) is 17.0 Å². The van der Waals surface area contributed by atoms with Gasteiger partial charge in [-0.25, -0.2) is 4.98 Å². The molecule has 1 aliphatic heterocycles. The number of amides is 1. The maximum absolute atomic E-state index is 13.0. The zero-order valence-electron chi connectivity index (χ0n) is 20.4. The number of nitrogens with zero attached hydrogens (tertiary/aromatic N) is 3. The van der Waals surface area contributed by atoms with Crippen molar-refractivity contribution in [3.8, 4) is 11.4 Å². The number of imidazole rings is 1. The lowest BCUT2D eigenvalue weighted by atomic mass is 10.1. The van der Waals surface area contributed by atoms with Crippen LogP contribution in [0.4, 0.5) is 17.1 Å². The van der Waals surface area contributed by atoms with Crippen molar-refractivity contribution in [2.45, 2.75) is 0 Å². The van der Waals surface area contributed by atoms with E-state index in [4.69, 9.17) is 5.73 Å². The molecular formula is C28H27N7O2. The highest BCUT2D eigenvalue weighted by molar-refractivity contribution is 6.06. The molecule has 3 heterocycles. The molecule has 0 atom stereocenters. The van der Waals surface area contributed by atoms with Gasteiger partial charge in [-0.2, -0.15) is 0 Å². The molecule has 2 aromatic heterocycles. The van der Waals surface area contributed by atoms with Crippen LogP contribution in [0.15, 0.2) is 71.5 Å². The van der Waals surface area contributed by atoms with Gasteiger partial charge in [0, 0.05) is 48.5 Å². The predicted octanol–water partition coefficient (Wildman–Crippen LogP) is 3.66. The monoisotopic (exact) mass is 493 g/mol. The zero-order valence-corrected chi connectivity index (χ0v) is 20.4. The minimum Gasteiger partial charge on any atom is -0.397 e. The second kappa shape index (κ2) is 9.11. The van der Waals surface area contributed by atoms with E-state index in [0.29, 0.717) is 33.7 Å². The van der Waals surface area contributed by atoms with E-state index in [2.05, 4.69) is 49.2 Å². The number of nitrogens with two attached hydrogens (primary N) is 1. The first-order valence-corrected chi connectivity index (χ1v) is 12.2. The summed E-state index contributed by atoms with van der Waals surface area (Å²) in [5, 5.41) is 3.52. The van der Waals surface area contributed by atoms with E-state index in [1.54, 1.807) is 30.3 Å². The van der Waals surface area contributed by atoms with Crippen LogP contribution < -0.4 is 21.5 Å². The number of hydrogen-bond donors (Lipinski definition) is 4. The van der Waals surface area contributed by atoms with Gasteiger partial charge in [0.15, 0.2) is 0 Å². The first-order valence-electron chi connectivity index (χ1n) is 12.2.